The second-order valence-electron chi connectivity index (χ2n) is 5.06. The Morgan fingerprint density at radius 2 is 2.15 bits per heavy atom. The third-order valence-electron chi connectivity index (χ3n) is 3.49. The number of aromatic nitrogens is 1. The SMILES string of the molecule is CN1CCCCC1COc1cc(C(F)(F)F)cc(N)n1. The number of likely N-dealkylation sites (N-methyl/N-ethyl adjacent to an activating group) is 1. The van der Waals surface area contributed by atoms with Gasteiger partial charge >= 0.3 is 6.18 Å². The predicted molar refractivity (Wildman–Crippen MR) is 69.4 cm³/mol. The van der Waals surface area contributed by atoms with Gasteiger partial charge < -0.3 is 15.4 Å². The van der Waals surface area contributed by atoms with Crippen LogP contribution >= 0.6 is 0 Å². The van der Waals surface area contributed by atoms with Crippen LogP contribution in [0.15, 0.2) is 12.1 Å². The molecule has 1 fully saturated rings. The largest absolute Gasteiger partial charge is 0.476 e. The van der Waals surface area contributed by atoms with Crippen molar-refractivity contribution in [1.82, 2.24) is 9.88 Å². The van der Waals surface area contributed by atoms with E-state index in [1.807, 2.05) is 7.05 Å². The highest BCUT2D eigenvalue weighted by atomic mass is 19.4. The minimum absolute atomic E-state index is 0.0729. The van der Waals surface area contributed by atoms with Crippen molar-refractivity contribution in [1.29, 1.82) is 0 Å². The first-order valence-corrected chi connectivity index (χ1v) is 6.54. The Balaban J connectivity index is 2.04. The van der Waals surface area contributed by atoms with Crippen molar-refractivity contribution >= 4 is 5.82 Å². The summed E-state index contributed by atoms with van der Waals surface area (Å²) in [5, 5.41) is 0. The Bertz CT molecular complexity index is 465. The number of anilines is 1. The lowest BCUT2D eigenvalue weighted by Crippen LogP contribution is -2.40. The topological polar surface area (TPSA) is 51.4 Å². The van der Waals surface area contributed by atoms with Crippen LogP contribution in [0.5, 0.6) is 5.88 Å². The van der Waals surface area contributed by atoms with Gasteiger partial charge in [-0.25, -0.2) is 0 Å². The molecule has 112 valence electrons. The van der Waals surface area contributed by atoms with E-state index in [1.54, 1.807) is 0 Å². The van der Waals surface area contributed by atoms with Crippen molar-refractivity contribution in [2.24, 2.45) is 0 Å². The first-order valence-electron chi connectivity index (χ1n) is 6.54. The van der Waals surface area contributed by atoms with E-state index in [0.29, 0.717) is 6.61 Å². The van der Waals surface area contributed by atoms with Gasteiger partial charge in [-0.1, -0.05) is 6.42 Å². The summed E-state index contributed by atoms with van der Waals surface area (Å²) >= 11 is 0. The molecular formula is C13H18F3N3O. The number of rotatable bonds is 3. The minimum atomic E-state index is -4.45. The van der Waals surface area contributed by atoms with Crippen LogP contribution in [-0.2, 0) is 6.18 Å². The van der Waals surface area contributed by atoms with Crippen LogP contribution in [0.2, 0.25) is 0 Å². The molecule has 1 aromatic heterocycles. The van der Waals surface area contributed by atoms with E-state index in [4.69, 9.17) is 10.5 Å². The van der Waals surface area contributed by atoms with Crippen molar-refractivity contribution in [3.05, 3.63) is 17.7 Å². The zero-order chi connectivity index (χ0) is 14.8. The molecule has 2 heterocycles. The molecule has 0 radical (unpaired) electrons. The molecule has 0 saturated carbocycles. The molecule has 0 spiro atoms. The van der Waals surface area contributed by atoms with Crippen LogP contribution in [0.4, 0.5) is 19.0 Å². The molecule has 2 N–H and O–H groups in total. The second kappa shape index (κ2) is 5.87. The van der Waals surface area contributed by atoms with Gasteiger partial charge in [-0.05, 0) is 32.5 Å². The molecule has 4 nitrogen and oxygen atoms in total. The lowest BCUT2D eigenvalue weighted by Gasteiger charge is -2.32. The second-order valence-corrected chi connectivity index (χ2v) is 5.06. The van der Waals surface area contributed by atoms with E-state index in [9.17, 15) is 13.2 Å². The number of nitrogen functional groups attached to an aromatic ring is 1. The normalized spacial score (nSPS) is 20.9. The highest BCUT2D eigenvalue weighted by molar-refractivity contribution is 5.38. The van der Waals surface area contributed by atoms with Gasteiger partial charge in [0.2, 0.25) is 5.88 Å². The van der Waals surface area contributed by atoms with Crippen molar-refractivity contribution in [3.8, 4) is 5.88 Å². The summed E-state index contributed by atoms with van der Waals surface area (Å²) in [6.45, 7) is 1.30. The zero-order valence-electron chi connectivity index (χ0n) is 11.3. The van der Waals surface area contributed by atoms with Crippen LogP contribution in [0.25, 0.3) is 0 Å². The molecule has 0 bridgehead atoms. The third kappa shape index (κ3) is 3.75. The summed E-state index contributed by atoms with van der Waals surface area (Å²) in [4.78, 5) is 5.95. The quantitative estimate of drug-likeness (QED) is 0.929. The first-order chi connectivity index (χ1) is 9.36. The van der Waals surface area contributed by atoms with E-state index < -0.39 is 11.7 Å². The Morgan fingerprint density at radius 1 is 1.40 bits per heavy atom. The summed E-state index contributed by atoms with van der Waals surface area (Å²) in [6.07, 6.45) is -1.22. The smallest absolute Gasteiger partial charge is 0.416 e. The van der Waals surface area contributed by atoms with Gasteiger partial charge in [-0.15, -0.1) is 0 Å². The fourth-order valence-corrected chi connectivity index (χ4v) is 2.30. The van der Waals surface area contributed by atoms with Gasteiger partial charge in [-0.2, -0.15) is 18.2 Å². The molecule has 20 heavy (non-hydrogen) atoms. The van der Waals surface area contributed by atoms with Crippen LogP contribution in [0, 0.1) is 0 Å². The number of likely N-dealkylation sites (tertiary alicyclic amines) is 1. The van der Waals surface area contributed by atoms with E-state index in [0.717, 1.165) is 37.9 Å². The first kappa shape index (κ1) is 14.9. The number of nitrogens with zero attached hydrogens (tertiary/aromatic N) is 2. The maximum atomic E-state index is 12.7. The number of piperidine rings is 1. The van der Waals surface area contributed by atoms with E-state index >= 15 is 0 Å². The molecule has 1 unspecified atom stereocenters. The third-order valence-corrected chi connectivity index (χ3v) is 3.49. The van der Waals surface area contributed by atoms with Crippen molar-refractivity contribution in [2.45, 2.75) is 31.5 Å². The maximum Gasteiger partial charge on any atom is 0.416 e. The fraction of sp³-hybridized carbons (Fsp3) is 0.615. The number of halogens is 3. The summed E-state index contributed by atoms with van der Waals surface area (Å²) in [5.41, 5.74) is 4.55. The van der Waals surface area contributed by atoms with Crippen LogP contribution in [0.3, 0.4) is 0 Å². The van der Waals surface area contributed by atoms with Crippen molar-refractivity contribution in [3.63, 3.8) is 0 Å². The molecule has 0 aliphatic carbocycles. The number of hydrogen-bond donors (Lipinski definition) is 1. The van der Waals surface area contributed by atoms with Crippen LogP contribution < -0.4 is 10.5 Å². The summed E-state index contributed by atoms with van der Waals surface area (Å²) in [7, 11) is 1.99. The molecular weight excluding hydrogens is 271 g/mol. The molecule has 1 aliphatic rings. The number of pyridine rings is 1. The molecule has 7 heteroatoms. The standard InChI is InChI=1S/C13H18F3N3O/c1-19-5-3-2-4-10(19)8-20-12-7-9(13(14,15)16)6-11(17)18-12/h6-7,10H,2-5,8H2,1H3,(H2,17,18). The summed E-state index contributed by atoms with van der Waals surface area (Å²) in [6, 6.07) is 1.90. The molecule has 1 atom stereocenters. The molecule has 1 saturated heterocycles. The lowest BCUT2D eigenvalue weighted by atomic mass is 10.0. The van der Waals surface area contributed by atoms with Crippen molar-refractivity contribution in [2.75, 3.05) is 25.9 Å². The fourth-order valence-electron chi connectivity index (χ4n) is 2.30. The molecule has 0 aromatic carbocycles. The number of hydrogen-bond acceptors (Lipinski definition) is 4. The molecule has 1 aromatic rings. The summed E-state index contributed by atoms with van der Waals surface area (Å²) < 4.78 is 43.4. The van der Waals surface area contributed by atoms with E-state index in [2.05, 4.69) is 9.88 Å². The van der Waals surface area contributed by atoms with Crippen LogP contribution in [-0.4, -0.2) is 36.1 Å². The highest BCUT2D eigenvalue weighted by Gasteiger charge is 2.32. The van der Waals surface area contributed by atoms with Crippen molar-refractivity contribution < 1.29 is 17.9 Å². The maximum absolute atomic E-state index is 12.7. The average Bonchev–Trinajstić information content (AvgIpc) is 2.36. The molecule has 1 aliphatic heterocycles. The highest BCUT2D eigenvalue weighted by Crippen LogP contribution is 2.32. The van der Waals surface area contributed by atoms with E-state index in [1.165, 1.54) is 0 Å². The van der Waals surface area contributed by atoms with Gasteiger partial charge in [0.1, 0.15) is 12.4 Å². The van der Waals surface area contributed by atoms with Gasteiger partial charge in [0, 0.05) is 12.1 Å². The monoisotopic (exact) mass is 289 g/mol. The summed E-state index contributed by atoms with van der Waals surface area (Å²) in [5.74, 6) is -0.261. The Hall–Kier alpha value is -1.50. The molecule has 0 amide bonds. The Kier molecular flexibility index (Phi) is 4.37. The number of nitrogens with two attached hydrogens (primary N) is 1. The average molecular weight is 289 g/mol. The van der Waals surface area contributed by atoms with Gasteiger partial charge in [0.25, 0.3) is 0 Å². The lowest BCUT2D eigenvalue weighted by molar-refractivity contribution is -0.137. The van der Waals surface area contributed by atoms with Gasteiger partial charge in [0.15, 0.2) is 0 Å². The molecule has 2 rings (SSSR count). The Morgan fingerprint density at radius 3 is 2.80 bits per heavy atom. The van der Waals surface area contributed by atoms with Gasteiger partial charge in [-0.3, -0.25) is 0 Å². The minimum Gasteiger partial charge on any atom is -0.476 e. The van der Waals surface area contributed by atoms with Crippen LogP contribution in [0.1, 0.15) is 24.8 Å². The number of alkyl halides is 3. The van der Waals surface area contributed by atoms with E-state index in [-0.39, 0.29) is 17.7 Å². The number of ether oxygens (including phenoxy) is 1. The Labute approximate surface area is 115 Å². The zero-order valence-corrected chi connectivity index (χ0v) is 11.3. The predicted octanol–water partition coefficient (Wildman–Crippen LogP) is 2.55. The van der Waals surface area contributed by atoms with Gasteiger partial charge in [0.05, 0.1) is 5.56 Å².